The Kier molecular flexibility index (Phi) is 26.0. The lowest BCUT2D eigenvalue weighted by molar-refractivity contribution is -0.222. The number of fused-ring (bicyclic) bond motifs is 4. The molecule has 0 unspecified atom stereocenters. The van der Waals surface area contributed by atoms with Crippen molar-refractivity contribution in [3.05, 3.63) is 239 Å². The summed E-state index contributed by atoms with van der Waals surface area (Å²) >= 11 is 50.1. The summed E-state index contributed by atoms with van der Waals surface area (Å²) in [5.41, 5.74) is 13.2. The maximum Gasteiger partial charge on any atom is 0.350 e. The van der Waals surface area contributed by atoms with Crippen molar-refractivity contribution >= 4 is 196 Å². The van der Waals surface area contributed by atoms with Gasteiger partial charge in [-0.15, -0.1) is 0 Å². The number of pyridine rings is 10. The molecule has 1 aliphatic rings. The fourth-order valence-electron chi connectivity index (χ4n) is 6.80. The molecule has 0 radical (unpaired) electrons. The van der Waals surface area contributed by atoms with Gasteiger partial charge in [-0.3, -0.25) is 19.6 Å². The highest BCUT2D eigenvalue weighted by Gasteiger charge is 2.39. The lowest BCUT2D eigenvalue weighted by atomic mass is 10.1. The maximum atomic E-state index is 11.6. The molecule has 1 aromatic carbocycles. The number of cyclic esters (lactones) is 2. The van der Waals surface area contributed by atoms with Crippen molar-refractivity contribution in [1.82, 2.24) is 49.8 Å². The Morgan fingerprint density at radius 2 is 1.06 bits per heavy atom. The van der Waals surface area contributed by atoms with Crippen LogP contribution in [0.25, 0.3) is 44.1 Å². The van der Waals surface area contributed by atoms with Crippen molar-refractivity contribution in [1.29, 1.82) is 0 Å². The Balaban J connectivity index is 0.000000167. The molecular weight excluding hydrogens is 1450 g/mol. The number of nitrogen functional groups attached to an aromatic ring is 1. The second kappa shape index (κ2) is 32.7. The zero-order chi connectivity index (χ0) is 62.7. The number of H-pyrrole nitrogens is 2. The van der Waals surface area contributed by atoms with Gasteiger partial charge in [0.2, 0.25) is 10.9 Å². The summed E-state index contributed by atoms with van der Waals surface area (Å²) in [4.78, 5) is 84.3. The number of halogens is 10. The molecule has 0 atom stereocenters. The van der Waals surface area contributed by atoms with E-state index in [4.69, 9.17) is 96.4 Å². The largest absolute Gasteiger partial charge is 0.419 e. The molecular formula is C58H44Br3Cl7N12O6. The Hall–Kier alpha value is -6.89. The molecule has 18 nitrogen and oxygen atoms in total. The Bertz CT molecular complexity index is 4280. The number of rotatable bonds is 4. The van der Waals surface area contributed by atoms with Crippen molar-refractivity contribution in [2.75, 3.05) is 11.1 Å². The van der Waals surface area contributed by atoms with Crippen LogP contribution >= 0.6 is 129 Å². The van der Waals surface area contributed by atoms with Gasteiger partial charge in [0, 0.05) is 63.0 Å². The van der Waals surface area contributed by atoms with E-state index in [0.717, 1.165) is 37.6 Å². The molecule has 1 aliphatic heterocycles. The standard InChI is InChI=1S/C15H10BrClN2.C12H11ClN2O4.C8H3BrCl2N2.C8H4BrClN2O.C8H5ClN2O.C5H5ClN2.C2H6/c16-12-9-18-13-7-6-11(19-15(13)14(12)17)8-10-4-2-1-3-5-10;1-12(2)18-10(16)8(11(17)19-12)6-14-7-3-4-9(13)15-5-7;9-4-3-12-5-1-2-6(10)13-8(5)7(4)11;9-4-3-11-5-1-2-6(10)12-7(5)8(4)13;9-7-2-1-5-8(11-7)6(12)3-4-10-5;6-5-2-1-4(7)3-8-5;1-2/h1-7,9H,8H2;3-6,14H,1-2H3;1-3H;1-3H,(H,11,13);1-4H,(H,10,12);1-3H,7H2;1-2H3. The molecule has 0 amide bonds. The van der Waals surface area contributed by atoms with E-state index in [9.17, 15) is 19.2 Å². The van der Waals surface area contributed by atoms with E-state index in [1.807, 2.05) is 44.2 Å². The number of anilines is 2. The molecule has 5 N–H and O–H groups in total. The van der Waals surface area contributed by atoms with Gasteiger partial charge in [0.05, 0.1) is 69.3 Å². The van der Waals surface area contributed by atoms with Crippen molar-refractivity contribution < 1.29 is 19.1 Å². The van der Waals surface area contributed by atoms with Gasteiger partial charge in [-0.2, -0.15) is 0 Å². The quantitative estimate of drug-likeness (QED) is 0.0552. The summed E-state index contributed by atoms with van der Waals surface area (Å²) in [5.74, 6) is -2.72. The number of nitrogens with two attached hydrogens (primary N) is 1. The normalized spacial score (nSPS) is 11.9. The van der Waals surface area contributed by atoms with Gasteiger partial charge in [-0.1, -0.05) is 125 Å². The fraction of sp³-hybridized carbons (Fsp3) is 0.103. The Morgan fingerprint density at radius 1 is 0.547 bits per heavy atom. The molecule has 0 aliphatic carbocycles. The topological polar surface area (TPSA) is 259 Å². The van der Waals surface area contributed by atoms with E-state index < -0.39 is 17.7 Å². The smallest absolute Gasteiger partial charge is 0.350 e. The van der Waals surface area contributed by atoms with Crippen molar-refractivity contribution in [2.45, 2.75) is 39.9 Å². The summed E-state index contributed by atoms with van der Waals surface area (Å²) in [5, 5.41) is 5.77. The number of ether oxygens (including phenoxy) is 2. The van der Waals surface area contributed by atoms with Crippen LogP contribution in [0.3, 0.4) is 0 Å². The molecule has 0 saturated carbocycles. The van der Waals surface area contributed by atoms with Crippen LogP contribution < -0.4 is 21.9 Å². The molecule has 1 saturated heterocycles. The van der Waals surface area contributed by atoms with Crippen LogP contribution in [0.5, 0.6) is 0 Å². The first-order chi connectivity index (χ1) is 41.0. The van der Waals surface area contributed by atoms with Gasteiger partial charge >= 0.3 is 11.9 Å². The number of carbonyl (C=O) groups is 2. The van der Waals surface area contributed by atoms with Gasteiger partial charge in [-0.05, 0) is 126 Å². The number of hydrogen-bond donors (Lipinski definition) is 4. The predicted octanol–water partition coefficient (Wildman–Crippen LogP) is 16.5. The monoisotopic (exact) mass is 1490 g/mol. The second-order valence-electron chi connectivity index (χ2n) is 17.2. The molecule has 1 fully saturated rings. The second-order valence-corrected chi connectivity index (χ2v) is 22.5. The van der Waals surface area contributed by atoms with Crippen LogP contribution in [-0.2, 0) is 25.5 Å². The first-order valence-corrected chi connectivity index (χ1v) is 29.9. The van der Waals surface area contributed by atoms with E-state index in [0.29, 0.717) is 79.2 Å². The molecule has 11 heterocycles. The third-order valence-corrected chi connectivity index (χ3v) is 14.8. The maximum absolute atomic E-state index is 11.6. The molecule has 28 heteroatoms. The van der Waals surface area contributed by atoms with Gasteiger partial charge < -0.3 is 30.5 Å². The van der Waals surface area contributed by atoms with Crippen molar-refractivity contribution in [3.63, 3.8) is 0 Å². The highest BCUT2D eigenvalue weighted by Crippen LogP contribution is 2.30. The molecule has 86 heavy (non-hydrogen) atoms. The highest BCUT2D eigenvalue weighted by molar-refractivity contribution is 9.11. The zero-order valence-electron chi connectivity index (χ0n) is 45.0. The average Bonchev–Trinajstić information content (AvgIpc) is 3.65. The van der Waals surface area contributed by atoms with E-state index >= 15 is 0 Å². The van der Waals surface area contributed by atoms with Crippen LogP contribution in [0.2, 0.25) is 35.8 Å². The number of hydrogen-bond acceptors (Lipinski definition) is 16. The molecule has 10 aromatic heterocycles. The van der Waals surface area contributed by atoms with Crippen molar-refractivity contribution in [3.8, 4) is 0 Å². The highest BCUT2D eigenvalue weighted by atomic mass is 79.9. The first kappa shape index (κ1) is 68.2. The van der Waals surface area contributed by atoms with Gasteiger partial charge in [0.1, 0.15) is 47.8 Å². The minimum atomic E-state index is -1.24. The fourth-order valence-corrected chi connectivity index (χ4v) is 8.72. The summed E-state index contributed by atoms with van der Waals surface area (Å²) in [6, 6.07) is 32.4. The number of nitrogens with zero attached hydrogens (tertiary/aromatic N) is 8. The lowest BCUT2D eigenvalue weighted by Crippen LogP contribution is -2.42. The number of esters is 2. The van der Waals surface area contributed by atoms with Crippen molar-refractivity contribution in [2.24, 2.45) is 0 Å². The third kappa shape index (κ3) is 20.1. The number of carbonyl (C=O) groups excluding carboxylic acids is 2. The predicted molar refractivity (Wildman–Crippen MR) is 353 cm³/mol. The van der Waals surface area contributed by atoms with Crippen LogP contribution in [0.1, 0.15) is 39.0 Å². The Morgan fingerprint density at radius 3 is 1.62 bits per heavy atom. The minimum Gasteiger partial charge on any atom is -0.419 e. The van der Waals surface area contributed by atoms with Gasteiger partial charge in [-0.25, -0.2) is 39.5 Å². The Labute approximate surface area is 550 Å². The van der Waals surface area contributed by atoms with Crippen LogP contribution in [0.15, 0.2) is 181 Å². The lowest BCUT2D eigenvalue weighted by Gasteiger charge is -2.29. The van der Waals surface area contributed by atoms with E-state index in [2.05, 4.69) is 115 Å². The van der Waals surface area contributed by atoms with E-state index in [1.165, 1.54) is 44.1 Å². The molecule has 0 bridgehead atoms. The van der Waals surface area contributed by atoms with Crippen LogP contribution in [0.4, 0.5) is 11.4 Å². The number of nitrogens with one attached hydrogen (secondary N) is 3. The van der Waals surface area contributed by atoms with Gasteiger partial charge in [0.25, 0.3) is 5.79 Å². The molecule has 11 aromatic rings. The first-order valence-electron chi connectivity index (χ1n) is 24.8. The third-order valence-electron chi connectivity index (χ3n) is 10.7. The van der Waals surface area contributed by atoms with Crippen LogP contribution in [-0.4, -0.2) is 67.6 Å². The summed E-state index contributed by atoms with van der Waals surface area (Å²) in [6.07, 6.45) is 11.5. The van der Waals surface area contributed by atoms with E-state index in [1.54, 1.807) is 85.5 Å². The zero-order valence-corrected chi connectivity index (χ0v) is 55.1. The summed E-state index contributed by atoms with van der Waals surface area (Å²) in [7, 11) is 0. The number of aromatic amines is 2. The number of benzene rings is 1. The molecule has 0 spiro atoms. The average molecular weight is 1490 g/mol. The summed E-state index contributed by atoms with van der Waals surface area (Å²) < 4.78 is 11.8. The minimum absolute atomic E-state index is 0.119. The molecule has 442 valence electrons. The SMILES string of the molecule is CC.CC1(C)OC(=O)C(=CNc2ccc(Cl)nc2)C(=O)O1.Clc1c(Br)cnc2ccc(Cc3ccccc3)nc12.Clc1ccc2ncc(Br)c(Cl)c2n1.Nc1ccc(Cl)nc1.O=c1c(Br)c[nH]c2ccc(Cl)nc12.O=c1cc[nH]c2ccc(Cl)nc12. The molecule has 12 rings (SSSR count). The number of aromatic nitrogens is 10. The summed E-state index contributed by atoms with van der Waals surface area (Å²) in [6.45, 7) is 6.96. The van der Waals surface area contributed by atoms with Gasteiger partial charge in [0.15, 0.2) is 5.57 Å². The van der Waals surface area contributed by atoms with E-state index in [-0.39, 0.29) is 16.4 Å². The van der Waals surface area contributed by atoms with Crippen LogP contribution in [0, 0.1) is 0 Å².